The molecule has 0 aromatic carbocycles. The maximum absolute atomic E-state index is 12.7. The first-order valence-corrected chi connectivity index (χ1v) is 8.52. The molecule has 1 amide bonds. The molecule has 126 valence electrons. The lowest BCUT2D eigenvalue weighted by Gasteiger charge is -2.37. The Morgan fingerprint density at radius 3 is 2.68 bits per heavy atom. The van der Waals surface area contributed by atoms with Crippen molar-refractivity contribution in [1.29, 1.82) is 0 Å². The van der Waals surface area contributed by atoms with Crippen LogP contribution in [0.15, 0.2) is 0 Å². The summed E-state index contributed by atoms with van der Waals surface area (Å²) in [4.78, 5) is 19.5. The van der Waals surface area contributed by atoms with Crippen LogP contribution >= 0.6 is 0 Å². The van der Waals surface area contributed by atoms with Gasteiger partial charge in [-0.1, -0.05) is 0 Å². The fourth-order valence-electron chi connectivity index (χ4n) is 3.75. The largest absolute Gasteiger partial charge is 0.381 e. The fraction of sp³-hybridized carbons (Fsp3) is 0.938. The van der Waals surface area contributed by atoms with Crippen LogP contribution in [0.2, 0.25) is 0 Å². The van der Waals surface area contributed by atoms with Crippen LogP contribution in [-0.2, 0) is 14.3 Å². The molecule has 0 bridgehead atoms. The first-order valence-electron chi connectivity index (χ1n) is 8.52. The van der Waals surface area contributed by atoms with Gasteiger partial charge in [-0.05, 0) is 26.9 Å². The van der Waals surface area contributed by atoms with E-state index in [0.29, 0.717) is 11.9 Å². The van der Waals surface area contributed by atoms with Crippen LogP contribution in [0.25, 0.3) is 0 Å². The van der Waals surface area contributed by atoms with Crippen molar-refractivity contribution in [2.45, 2.75) is 25.0 Å². The zero-order valence-corrected chi connectivity index (χ0v) is 13.9. The summed E-state index contributed by atoms with van der Waals surface area (Å²) >= 11 is 0. The molecule has 3 aliphatic rings. The minimum atomic E-state index is 0.157. The molecule has 6 heteroatoms. The summed E-state index contributed by atoms with van der Waals surface area (Å²) in [5.74, 6) is 0.470. The molecule has 0 N–H and O–H groups in total. The lowest BCUT2D eigenvalue weighted by atomic mass is 9.99. The normalized spacial score (nSPS) is 30.8. The molecule has 3 rings (SSSR count). The van der Waals surface area contributed by atoms with Crippen LogP contribution in [-0.4, -0.2) is 99.4 Å². The van der Waals surface area contributed by atoms with Gasteiger partial charge in [0.15, 0.2) is 0 Å². The van der Waals surface area contributed by atoms with Crippen LogP contribution in [0.5, 0.6) is 0 Å². The number of carbonyl (C=O) groups is 1. The maximum atomic E-state index is 12.7. The van der Waals surface area contributed by atoms with Crippen molar-refractivity contribution in [1.82, 2.24) is 14.7 Å². The molecule has 0 aromatic heterocycles. The molecular weight excluding hydrogens is 282 g/mol. The maximum Gasteiger partial charge on any atom is 0.226 e. The number of ether oxygens (including phenoxy) is 2. The third kappa shape index (κ3) is 3.62. The van der Waals surface area contributed by atoms with Crippen LogP contribution in [0, 0.1) is 5.92 Å². The second-order valence-corrected chi connectivity index (χ2v) is 6.95. The average molecular weight is 311 g/mol. The number of carbonyl (C=O) groups excluding carboxylic acids is 1. The standard InChI is InChI=1S/C16H29N3O3/c1-17(2)5-6-18-7-10-22-15-12-19(11-14(15)18)16(20)13-3-8-21-9-4-13/h13-15H,3-12H2,1-2H3/t14-,15+/m0/s1. The Bertz CT molecular complexity index is 385. The zero-order chi connectivity index (χ0) is 15.5. The van der Waals surface area contributed by atoms with Crippen molar-refractivity contribution in [2.24, 2.45) is 5.92 Å². The lowest BCUT2D eigenvalue weighted by Crippen LogP contribution is -2.52. The van der Waals surface area contributed by atoms with E-state index >= 15 is 0 Å². The van der Waals surface area contributed by atoms with Gasteiger partial charge in [-0.3, -0.25) is 9.69 Å². The van der Waals surface area contributed by atoms with Crippen molar-refractivity contribution in [2.75, 3.05) is 66.6 Å². The van der Waals surface area contributed by atoms with Crippen molar-refractivity contribution in [3.8, 4) is 0 Å². The van der Waals surface area contributed by atoms with Gasteiger partial charge in [-0.2, -0.15) is 0 Å². The molecule has 2 atom stereocenters. The number of hydrogen-bond donors (Lipinski definition) is 0. The van der Waals surface area contributed by atoms with Gasteiger partial charge in [0.1, 0.15) is 0 Å². The monoisotopic (exact) mass is 311 g/mol. The van der Waals surface area contributed by atoms with Gasteiger partial charge in [0.05, 0.1) is 18.8 Å². The predicted octanol–water partition coefficient (Wildman–Crippen LogP) is -0.114. The summed E-state index contributed by atoms with van der Waals surface area (Å²) in [6, 6.07) is 0.373. The first-order chi connectivity index (χ1) is 10.6. The average Bonchev–Trinajstić information content (AvgIpc) is 2.97. The smallest absolute Gasteiger partial charge is 0.226 e. The molecule has 0 aromatic rings. The third-order valence-electron chi connectivity index (χ3n) is 5.13. The minimum Gasteiger partial charge on any atom is -0.381 e. The molecule has 22 heavy (non-hydrogen) atoms. The molecule has 0 saturated carbocycles. The second kappa shape index (κ2) is 7.25. The van der Waals surface area contributed by atoms with Crippen LogP contribution < -0.4 is 0 Å². The van der Waals surface area contributed by atoms with E-state index in [1.165, 1.54) is 0 Å². The topological polar surface area (TPSA) is 45.2 Å². The van der Waals surface area contributed by atoms with E-state index in [0.717, 1.165) is 65.4 Å². The number of likely N-dealkylation sites (tertiary alicyclic amines) is 1. The van der Waals surface area contributed by atoms with E-state index in [1.54, 1.807) is 0 Å². The van der Waals surface area contributed by atoms with E-state index in [-0.39, 0.29) is 12.0 Å². The summed E-state index contributed by atoms with van der Waals surface area (Å²) < 4.78 is 11.3. The number of amides is 1. The van der Waals surface area contributed by atoms with E-state index in [1.807, 2.05) is 4.90 Å². The van der Waals surface area contributed by atoms with Gasteiger partial charge in [0.25, 0.3) is 0 Å². The lowest BCUT2D eigenvalue weighted by molar-refractivity contribution is -0.137. The number of likely N-dealkylation sites (N-methyl/N-ethyl adjacent to an activating group) is 1. The van der Waals surface area contributed by atoms with Gasteiger partial charge in [-0.15, -0.1) is 0 Å². The van der Waals surface area contributed by atoms with Crippen LogP contribution in [0.1, 0.15) is 12.8 Å². The Kier molecular flexibility index (Phi) is 5.33. The molecule has 3 heterocycles. The molecule has 6 nitrogen and oxygen atoms in total. The molecule has 0 spiro atoms. The summed E-state index contributed by atoms with van der Waals surface area (Å²) in [5, 5.41) is 0. The molecule has 0 aliphatic carbocycles. The summed E-state index contributed by atoms with van der Waals surface area (Å²) in [6.07, 6.45) is 1.94. The number of fused-ring (bicyclic) bond motifs is 1. The quantitative estimate of drug-likeness (QED) is 0.725. The summed E-state index contributed by atoms with van der Waals surface area (Å²) in [7, 11) is 4.21. The highest BCUT2D eigenvalue weighted by atomic mass is 16.5. The van der Waals surface area contributed by atoms with E-state index in [2.05, 4.69) is 23.9 Å². The summed E-state index contributed by atoms with van der Waals surface area (Å²) in [5.41, 5.74) is 0. The van der Waals surface area contributed by atoms with Crippen molar-refractivity contribution < 1.29 is 14.3 Å². The highest BCUT2D eigenvalue weighted by molar-refractivity contribution is 5.79. The van der Waals surface area contributed by atoms with Gasteiger partial charge < -0.3 is 19.3 Å². The second-order valence-electron chi connectivity index (χ2n) is 6.95. The van der Waals surface area contributed by atoms with E-state index in [9.17, 15) is 4.79 Å². The molecule has 3 aliphatic heterocycles. The SMILES string of the molecule is CN(C)CCN1CCO[C@@H]2CN(C(=O)C3CCOCC3)C[C@@H]21. The van der Waals surface area contributed by atoms with Gasteiger partial charge in [0, 0.05) is 51.9 Å². The van der Waals surface area contributed by atoms with Crippen molar-refractivity contribution >= 4 is 5.91 Å². The van der Waals surface area contributed by atoms with Crippen LogP contribution in [0.4, 0.5) is 0 Å². The molecule has 3 fully saturated rings. The highest BCUT2D eigenvalue weighted by Gasteiger charge is 2.42. The molecule has 3 saturated heterocycles. The predicted molar refractivity (Wildman–Crippen MR) is 83.8 cm³/mol. The number of morpholine rings is 1. The number of hydrogen-bond acceptors (Lipinski definition) is 5. The van der Waals surface area contributed by atoms with E-state index < -0.39 is 0 Å². The van der Waals surface area contributed by atoms with Crippen LogP contribution in [0.3, 0.4) is 0 Å². The highest BCUT2D eigenvalue weighted by Crippen LogP contribution is 2.26. The Morgan fingerprint density at radius 1 is 1.18 bits per heavy atom. The van der Waals surface area contributed by atoms with E-state index in [4.69, 9.17) is 9.47 Å². The number of nitrogens with zero attached hydrogens (tertiary/aromatic N) is 3. The van der Waals surface area contributed by atoms with Crippen molar-refractivity contribution in [3.63, 3.8) is 0 Å². The Hall–Kier alpha value is -0.690. The minimum absolute atomic E-state index is 0.157. The summed E-state index contributed by atoms with van der Waals surface area (Å²) in [6.45, 7) is 6.91. The molecule has 0 radical (unpaired) electrons. The zero-order valence-electron chi connectivity index (χ0n) is 13.9. The Morgan fingerprint density at radius 2 is 1.95 bits per heavy atom. The van der Waals surface area contributed by atoms with Crippen molar-refractivity contribution in [3.05, 3.63) is 0 Å². The van der Waals surface area contributed by atoms with Gasteiger partial charge >= 0.3 is 0 Å². The fourth-order valence-corrected chi connectivity index (χ4v) is 3.75. The Balaban J connectivity index is 1.57. The third-order valence-corrected chi connectivity index (χ3v) is 5.13. The molecular formula is C16H29N3O3. The number of rotatable bonds is 4. The first kappa shape index (κ1) is 16.2. The molecule has 0 unspecified atom stereocenters. The Labute approximate surface area is 133 Å². The van der Waals surface area contributed by atoms with Gasteiger partial charge in [0.2, 0.25) is 5.91 Å². The van der Waals surface area contributed by atoms with Gasteiger partial charge in [-0.25, -0.2) is 0 Å².